The van der Waals surface area contributed by atoms with Crippen LogP contribution in [0.2, 0.25) is 0 Å². The summed E-state index contributed by atoms with van der Waals surface area (Å²) in [6.07, 6.45) is -0.551. The number of amidine groups is 1. The summed E-state index contributed by atoms with van der Waals surface area (Å²) in [5, 5.41) is 12.9. The predicted molar refractivity (Wildman–Crippen MR) is 88.8 cm³/mol. The van der Waals surface area contributed by atoms with Gasteiger partial charge in [-0.2, -0.15) is 4.99 Å². The molecule has 0 aliphatic carbocycles. The minimum atomic E-state index is -0.551. The predicted octanol–water partition coefficient (Wildman–Crippen LogP) is 2.14. The lowest BCUT2D eigenvalue weighted by Crippen LogP contribution is -2.35. The summed E-state index contributed by atoms with van der Waals surface area (Å²) in [6.45, 7) is 4.79. The third-order valence-electron chi connectivity index (χ3n) is 2.72. The summed E-state index contributed by atoms with van der Waals surface area (Å²) in [4.78, 5) is 5.90. The zero-order valence-electron chi connectivity index (χ0n) is 13.4. The van der Waals surface area contributed by atoms with Gasteiger partial charge in [-0.3, -0.25) is 0 Å². The zero-order valence-corrected chi connectivity index (χ0v) is 14.2. The van der Waals surface area contributed by atoms with Gasteiger partial charge in [0.2, 0.25) is 0 Å². The van der Waals surface area contributed by atoms with Crippen molar-refractivity contribution in [3.63, 3.8) is 0 Å². The van der Waals surface area contributed by atoms with E-state index in [-0.39, 0.29) is 6.61 Å². The number of aliphatic imine (C=N–C) groups is 1. The molecule has 0 saturated heterocycles. The van der Waals surface area contributed by atoms with Crippen LogP contribution in [-0.4, -0.2) is 55.4 Å². The average molecular weight is 330 g/mol. The van der Waals surface area contributed by atoms with Gasteiger partial charge in [0.05, 0.1) is 5.69 Å². The summed E-state index contributed by atoms with van der Waals surface area (Å²) < 4.78 is 10.2. The molecule has 6 nitrogen and oxygen atoms in total. The molecule has 1 aromatic rings. The highest BCUT2D eigenvalue weighted by atomic mass is 35.5. The van der Waals surface area contributed by atoms with Crippen LogP contribution in [0, 0.1) is 0 Å². The van der Waals surface area contributed by atoms with Gasteiger partial charge in [-0.05, 0) is 24.3 Å². The standard InChI is InChI=1S/C15H24ClN3O3/c1-11(2)17-9-13(20)10-21-14-7-5-12(6-8-14)18-15(22-16)19(3)4/h5-8,11,13,17,20H,9-10H2,1-4H3. The third-order valence-corrected chi connectivity index (χ3v) is 2.86. The van der Waals surface area contributed by atoms with E-state index in [9.17, 15) is 5.11 Å². The lowest BCUT2D eigenvalue weighted by atomic mass is 10.3. The molecule has 0 fully saturated rings. The fourth-order valence-corrected chi connectivity index (χ4v) is 1.71. The monoisotopic (exact) mass is 329 g/mol. The molecule has 1 rings (SSSR count). The van der Waals surface area contributed by atoms with Gasteiger partial charge in [-0.25, -0.2) is 0 Å². The normalized spacial score (nSPS) is 13.1. The molecule has 124 valence electrons. The van der Waals surface area contributed by atoms with Crippen LogP contribution in [-0.2, 0) is 4.29 Å². The van der Waals surface area contributed by atoms with Gasteiger partial charge in [0.1, 0.15) is 30.3 Å². The molecule has 2 N–H and O–H groups in total. The van der Waals surface area contributed by atoms with Gasteiger partial charge < -0.3 is 24.3 Å². The molecular formula is C15H24ClN3O3. The second-order valence-corrected chi connectivity index (χ2v) is 5.54. The Hall–Kier alpha value is -1.50. The molecule has 0 radical (unpaired) electrons. The molecule has 22 heavy (non-hydrogen) atoms. The van der Waals surface area contributed by atoms with Crippen LogP contribution in [0.15, 0.2) is 29.3 Å². The molecule has 0 heterocycles. The van der Waals surface area contributed by atoms with Crippen LogP contribution in [0.5, 0.6) is 5.75 Å². The summed E-state index contributed by atoms with van der Waals surface area (Å²) in [6, 6.07) is 7.76. The maximum absolute atomic E-state index is 9.78. The molecule has 0 aromatic heterocycles. The van der Waals surface area contributed by atoms with Crippen LogP contribution in [0.1, 0.15) is 13.8 Å². The number of ether oxygens (including phenoxy) is 1. The molecule has 0 bridgehead atoms. The number of aliphatic hydroxyl groups is 1. The van der Waals surface area contributed by atoms with Crippen molar-refractivity contribution in [3.05, 3.63) is 24.3 Å². The Morgan fingerprint density at radius 3 is 2.45 bits per heavy atom. The Balaban J connectivity index is 2.51. The molecular weight excluding hydrogens is 306 g/mol. The molecule has 0 amide bonds. The SMILES string of the molecule is CC(C)NCC(O)COc1ccc(N=C(OCl)N(C)C)cc1. The minimum absolute atomic E-state index is 0.232. The van der Waals surface area contributed by atoms with Crippen molar-refractivity contribution in [1.82, 2.24) is 10.2 Å². The highest BCUT2D eigenvalue weighted by molar-refractivity contribution is 6.13. The molecule has 1 unspecified atom stereocenters. The second-order valence-electron chi connectivity index (χ2n) is 5.39. The van der Waals surface area contributed by atoms with Crippen LogP contribution in [0.3, 0.4) is 0 Å². The van der Waals surface area contributed by atoms with E-state index in [1.807, 2.05) is 13.8 Å². The summed E-state index contributed by atoms with van der Waals surface area (Å²) in [7, 11) is 3.57. The zero-order chi connectivity index (χ0) is 16.5. The average Bonchev–Trinajstić information content (AvgIpc) is 2.49. The van der Waals surface area contributed by atoms with E-state index in [0.29, 0.717) is 30.0 Å². The quantitative estimate of drug-likeness (QED) is 0.592. The Labute approximate surface area is 136 Å². The van der Waals surface area contributed by atoms with Crippen molar-refractivity contribution < 1.29 is 14.1 Å². The first-order chi connectivity index (χ1) is 10.4. The van der Waals surface area contributed by atoms with Crippen molar-refractivity contribution in [2.45, 2.75) is 26.0 Å². The minimum Gasteiger partial charge on any atom is -0.491 e. The largest absolute Gasteiger partial charge is 0.491 e. The first-order valence-corrected chi connectivity index (χ1v) is 7.42. The Bertz CT molecular complexity index is 464. The van der Waals surface area contributed by atoms with Gasteiger partial charge in [0, 0.05) is 26.7 Å². The Kier molecular flexibility index (Phi) is 8.01. The number of hydrogen-bond acceptors (Lipinski definition) is 5. The molecule has 0 aliphatic heterocycles. The van der Waals surface area contributed by atoms with Crippen molar-refractivity contribution in [3.8, 4) is 5.75 Å². The lowest BCUT2D eigenvalue weighted by molar-refractivity contribution is 0.104. The van der Waals surface area contributed by atoms with Crippen molar-refractivity contribution in [1.29, 1.82) is 0 Å². The lowest BCUT2D eigenvalue weighted by Gasteiger charge is -2.15. The van der Waals surface area contributed by atoms with Crippen molar-refractivity contribution >= 4 is 23.6 Å². The fourth-order valence-electron chi connectivity index (χ4n) is 1.54. The molecule has 0 spiro atoms. The van der Waals surface area contributed by atoms with Gasteiger partial charge >= 0.3 is 6.02 Å². The Morgan fingerprint density at radius 1 is 1.32 bits per heavy atom. The fraction of sp³-hybridized carbons (Fsp3) is 0.533. The summed E-state index contributed by atoms with van der Waals surface area (Å²) in [5.74, 6) is 0.667. The maximum atomic E-state index is 9.78. The van der Waals surface area contributed by atoms with Gasteiger partial charge in [0.15, 0.2) is 0 Å². The number of nitrogens with zero attached hydrogens (tertiary/aromatic N) is 2. The van der Waals surface area contributed by atoms with Crippen molar-refractivity contribution in [2.75, 3.05) is 27.2 Å². The van der Waals surface area contributed by atoms with E-state index >= 15 is 0 Å². The number of aliphatic hydroxyl groups excluding tert-OH is 1. The molecule has 7 heteroatoms. The first kappa shape index (κ1) is 18.5. The van der Waals surface area contributed by atoms with E-state index in [1.54, 1.807) is 43.3 Å². The number of rotatable bonds is 7. The number of benzene rings is 1. The van der Waals surface area contributed by atoms with Crippen LogP contribution in [0.4, 0.5) is 5.69 Å². The van der Waals surface area contributed by atoms with E-state index in [4.69, 9.17) is 16.6 Å². The summed E-state index contributed by atoms with van der Waals surface area (Å²) in [5.41, 5.74) is 0.693. The van der Waals surface area contributed by atoms with E-state index in [1.165, 1.54) is 0 Å². The van der Waals surface area contributed by atoms with Gasteiger partial charge in [-0.15, -0.1) is 0 Å². The van der Waals surface area contributed by atoms with Crippen molar-refractivity contribution in [2.24, 2.45) is 4.99 Å². The van der Waals surface area contributed by atoms with Crippen LogP contribution >= 0.6 is 11.9 Å². The molecule has 1 aromatic carbocycles. The smallest absolute Gasteiger partial charge is 0.311 e. The van der Waals surface area contributed by atoms with E-state index in [2.05, 4.69) is 14.6 Å². The second kappa shape index (κ2) is 9.50. The van der Waals surface area contributed by atoms with Gasteiger partial charge in [-0.1, -0.05) is 13.8 Å². The Morgan fingerprint density at radius 2 is 1.95 bits per heavy atom. The van der Waals surface area contributed by atoms with E-state index in [0.717, 1.165) is 0 Å². The number of halogens is 1. The molecule has 0 aliphatic rings. The van der Waals surface area contributed by atoms with Crippen LogP contribution in [0.25, 0.3) is 0 Å². The highest BCUT2D eigenvalue weighted by Crippen LogP contribution is 2.19. The maximum Gasteiger partial charge on any atom is 0.311 e. The molecule has 1 atom stereocenters. The highest BCUT2D eigenvalue weighted by Gasteiger charge is 2.06. The van der Waals surface area contributed by atoms with Crippen LogP contribution < -0.4 is 10.1 Å². The third kappa shape index (κ3) is 6.98. The number of hydrogen-bond donors (Lipinski definition) is 2. The first-order valence-electron chi connectivity index (χ1n) is 7.11. The topological polar surface area (TPSA) is 66.3 Å². The van der Waals surface area contributed by atoms with Gasteiger partial charge in [0.25, 0.3) is 0 Å². The molecule has 0 saturated carbocycles. The summed E-state index contributed by atoms with van der Waals surface area (Å²) >= 11 is 5.35. The van der Waals surface area contributed by atoms with E-state index < -0.39 is 6.10 Å². The number of nitrogens with one attached hydrogen (secondary N) is 1.